The third-order valence-corrected chi connectivity index (χ3v) is 5.92. The molecule has 2 atom stereocenters. The Morgan fingerprint density at radius 2 is 1.79 bits per heavy atom. The number of nitrogens with zero attached hydrogens (tertiary/aromatic N) is 1. The number of carboxylic acids is 1. The normalized spacial score (nSPS) is 13.7. The van der Waals surface area contributed by atoms with Gasteiger partial charge >= 0.3 is 5.97 Å². The van der Waals surface area contributed by atoms with Crippen LogP contribution in [0, 0.1) is 0 Å². The summed E-state index contributed by atoms with van der Waals surface area (Å²) in [4.78, 5) is 16.3. The van der Waals surface area contributed by atoms with Gasteiger partial charge in [-0.3, -0.25) is 5.32 Å². The molecule has 1 heterocycles. The van der Waals surface area contributed by atoms with E-state index in [4.69, 9.17) is 14.1 Å². The van der Waals surface area contributed by atoms with Gasteiger partial charge in [-0.25, -0.2) is 9.78 Å². The van der Waals surface area contributed by atoms with E-state index in [0.717, 1.165) is 29.5 Å². The van der Waals surface area contributed by atoms with Crippen LogP contribution in [0.5, 0.6) is 5.75 Å². The monoisotopic (exact) mass is 452 g/mol. The van der Waals surface area contributed by atoms with Crippen molar-refractivity contribution >= 4 is 17.1 Å². The highest BCUT2D eigenvalue weighted by molar-refractivity contribution is 5.77. The summed E-state index contributed by atoms with van der Waals surface area (Å²) in [5.41, 5.74) is 1.21. The zero-order chi connectivity index (χ0) is 23.8. The smallest absolute Gasteiger partial charge is 0.347 e. The Hall–Kier alpha value is -2.86. The first-order chi connectivity index (χ1) is 15.8. The summed E-state index contributed by atoms with van der Waals surface area (Å²) >= 11 is 0. The maximum Gasteiger partial charge on any atom is 0.347 e. The summed E-state index contributed by atoms with van der Waals surface area (Å²) in [5.74, 6) is 0.237. The predicted molar refractivity (Wildman–Crippen MR) is 130 cm³/mol. The van der Waals surface area contributed by atoms with Gasteiger partial charge in [0.15, 0.2) is 11.2 Å². The molecule has 3 aromatic rings. The van der Waals surface area contributed by atoms with Crippen molar-refractivity contribution in [3.8, 4) is 5.75 Å². The Morgan fingerprint density at radius 3 is 2.52 bits per heavy atom. The Labute approximate surface area is 196 Å². The largest absolute Gasteiger partial charge is 0.478 e. The molecule has 0 saturated carbocycles. The molecule has 1 aromatic heterocycles. The SMILES string of the molecule is CCCCCCCC(NC(C)c1ccccc1OC(C)(C)C(=O)O)c1nc2ccccc2o1. The number of aromatic nitrogens is 1. The predicted octanol–water partition coefficient (Wildman–Crippen LogP) is 6.82. The van der Waals surface area contributed by atoms with Gasteiger partial charge in [-0.05, 0) is 45.4 Å². The van der Waals surface area contributed by atoms with Crippen molar-refractivity contribution in [1.29, 1.82) is 0 Å². The maximum atomic E-state index is 11.6. The molecule has 2 aromatic carbocycles. The number of carbonyl (C=O) groups is 1. The number of hydrogen-bond acceptors (Lipinski definition) is 5. The third-order valence-electron chi connectivity index (χ3n) is 5.92. The highest BCUT2D eigenvalue weighted by Gasteiger charge is 2.31. The second kappa shape index (κ2) is 11.3. The third kappa shape index (κ3) is 6.57. The topological polar surface area (TPSA) is 84.6 Å². The number of benzene rings is 2. The fraction of sp³-hybridized carbons (Fsp3) is 0.481. The lowest BCUT2D eigenvalue weighted by atomic mass is 10.0. The van der Waals surface area contributed by atoms with Crippen molar-refractivity contribution < 1.29 is 19.1 Å². The molecule has 0 fully saturated rings. The molecule has 0 aliphatic heterocycles. The summed E-state index contributed by atoms with van der Waals surface area (Å²) in [5, 5.41) is 13.2. The number of aliphatic carboxylic acids is 1. The van der Waals surface area contributed by atoms with Crippen molar-refractivity contribution in [1.82, 2.24) is 10.3 Å². The average molecular weight is 453 g/mol. The van der Waals surface area contributed by atoms with Crippen LogP contribution >= 0.6 is 0 Å². The molecule has 0 saturated heterocycles. The number of hydrogen-bond donors (Lipinski definition) is 2. The fourth-order valence-corrected chi connectivity index (χ4v) is 3.91. The molecule has 2 N–H and O–H groups in total. The number of oxazole rings is 1. The molecular weight excluding hydrogens is 416 g/mol. The highest BCUT2D eigenvalue weighted by Crippen LogP contribution is 2.32. The van der Waals surface area contributed by atoms with Crippen molar-refractivity contribution in [2.24, 2.45) is 0 Å². The first-order valence-electron chi connectivity index (χ1n) is 11.9. The first kappa shape index (κ1) is 24.8. The number of carboxylic acid groups (broad SMARTS) is 1. The van der Waals surface area contributed by atoms with Gasteiger partial charge in [0.2, 0.25) is 5.89 Å². The van der Waals surface area contributed by atoms with E-state index in [1.54, 1.807) is 13.8 Å². The molecule has 178 valence electrons. The van der Waals surface area contributed by atoms with Crippen molar-refractivity contribution in [3.63, 3.8) is 0 Å². The highest BCUT2D eigenvalue weighted by atomic mass is 16.5. The Morgan fingerprint density at radius 1 is 1.09 bits per heavy atom. The number of rotatable bonds is 13. The van der Waals surface area contributed by atoms with Gasteiger partial charge in [-0.2, -0.15) is 0 Å². The lowest BCUT2D eigenvalue weighted by Gasteiger charge is -2.27. The number of ether oxygens (including phenoxy) is 1. The van der Waals surface area contributed by atoms with Crippen LogP contribution < -0.4 is 10.1 Å². The molecule has 0 amide bonds. The van der Waals surface area contributed by atoms with E-state index in [2.05, 4.69) is 19.2 Å². The van der Waals surface area contributed by atoms with Crippen LogP contribution in [0.15, 0.2) is 52.9 Å². The van der Waals surface area contributed by atoms with E-state index in [1.165, 1.54) is 25.7 Å². The van der Waals surface area contributed by atoms with E-state index in [-0.39, 0.29) is 12.1 Å². The summed E-state index contributed by atoms with van der Waals surface area (Å²) in [6.45, 7) is 7.39. The molecule has 0 radical (unpaired) electrons. The van der Waals surface area contributed by atoms with E-state index < -0.39 is 11.6 Å². The number of nitrogens with one attached hydrogen (secondary N) is 1. The second-order valence-corrected chi connectivity index (χ2v) is 9.12. The van der Waals surface area contributed by atoms with Gasteiger partial charge in [-0.15, -0.1) is 0 Å². The van der Waals surface area contributed by atoms with E-state index in [9.17, 15) is 9.90 Å². The molecule has 0 bridgehead atoms. The number of unbranched alkanes of at least 4 members (excludes halogenated alkanes) is 4. The van der Waals surface area contributed by atoms with E-state index >= 15 is 0 Å². The molecule has 6 heteroatoms. The van der Waals surface area contributed by atoms with E-state index in [0.29, 0.717) is 11.6 Å². The summed E-state index contributed by atoms with van der Waals surface area (Å²) in [7, 11) is 0. The van der Waals surface area contributed by atoms with Gasteiger partial charge in [0.1, 0.15) is 11.3 Å². The van der Waals surface area contributed by atoms with Crippen molar-refractivity contribution in [3.05, 3.63) is 60.0 Å². The van der Waals surface area contributed by atoms with Crippen LogP contribution in [0.1, 0.15) is 89.8 Å². The zero-order valence-electron chi connectivity index (χ0n) is 20.1. The van der Waals surface area contributed by atoms with Gasteiger partial charge in [0.25, 0.3) is 0 Å². The minimum atomic E-state index is -1.32. The van der Waals surface area contributed by atoms with Gasteiger partial charge in [0.05, 0.1) is 6.04 Å². The Bertz CT molecular complexity index is 1010. The van der Waals surface area contributed by atoms with Gasteiger partial charge < -0.3 is 14.3 Å². The number of fused-ring (bicyclic) bond motifs is 1. The van der Waals surface area contributed by atoms with Crippen LogP contribution in [-0.4, -0.2) is 21.7 Å². The van der Waals surface area contributed by atoms with Crippen molar-refractivity contribution in [2.45, 2.75) is 83.9 Å². The van der Waals surface area contributed by atoms with Gasteiger partial charge in [-0.1, -0.05) is 69.4 Å². The van der Waals surface area contributed by atoms with E-state index in [1.807, 2.05) is 48.5 Å². The van der Waals surface area contributed by atoms with Crippen LogP contribution in [0.25, 0.3) is 11.1 Å². The maximum absolute atomic E-state index is 11.6. The van der Waals surface area contributed by atoms with Crippen molar-refractivity contribution in [2.75, 3.05) is 0 Å². The van der Waals surface area contributed by atoms with Crippen LogP contribution in [0.4, 0.5) is 0 Å². The standard InChI is InChI=1S/C27H36N2O4/c1-5-6-7-8-9-16-22(25-29-21-15-11-13-18-24(21)32-25)28-19(2)20-14-10-12-17-23(20)33-27(3,4)26(30)31/h10-15,17-19,22,28H,5-9,16H2,1-4H3,(H,30,31). The summed E-state index contributed by atoms with van der Waals surface area (Å²) in [6.07, 6.45) is 6.85. The Kier molecular flexibility index (Phi) is 8.50. The van der Waals surface area contributed by atoms with Crippen LogP contribution in [0.3, 0.4) is 0 Å². The molecule has 6 nitrogen and oxygen atoms in total. The van der Waals surface area contributed by atoms with Crippen LogP contribution in [-0.2, 0) is 4.79 Å². The first-order valence-corrected chi connectivity index (χ1v) is 11.9. The molecule has 2 unspecified atom stereocenters. The second-order valence-electron chi connectivity index (χ2n) is 9.12. The minimum absolute atomic E-state index is 0.0606. The molecule has 0 aliphatic carbocycles. The quantitative estimate of drug-likeness (QED) is 0.277. The zero-order valence-corrected chi connectivity index (χ0v) is 20.1. The molecule has 3 rings (SSSR count). The average Bonchev–Trinajstić information content (AvgIpc) is 3.22. The lowest BCUT2D eigenvalue weighted by Crippen LogP contribution is -2.38. The summed E-state index contributed by atoms with van der Waals surface area (Å²) < 4.78 is 12.0. The molecular formula is C27H36N2O4. The lowest BCUT2D eigenvalue weighted by molar-refractivity contribution is -0.152. The van der Waals surface area contributed by atoms with Crippen LogP contribution in [0.2, 0.25) is 0 Å². The molecule has 33 heavy (non-hydrogen) atoms. The Balaban J connectivity index is 1.81. The minimum Gasteiger partial charge on any atom is -0.478 e. The fourth-order valence-electron chi connectivity index (χ4n) is 3.91. The van der Waals surface area contributed by atoms with Gasteiger partial charge in [0, 0.05) is 11.6 Å². The summed E-state index contributed by atoms with van der Waals surface area (Å²) in [6, 6.07) is 15.2. The number of para-hydroxylation sites is 3. The molecule has 0 spiro atoms. The molecule has 0 aliphatic rings.